The summed E-state index contributed by atoms with van der Waals surface area (Å²) in [5.41, 5.74) is -0.150. The van der Waals surface area contributed by atoms with Crippen LogP contribution in [0.15, 0.2) is 45.4 Å². The lowest BCUT2D eigenvalue weighted by Gasteiger charge is -2.24. The first kappa shape index (κ1) is 19.2. The first-order valence-electron chi connectivity index (χ1n) is 10.0. The normalized spacial score (nSPS) is 20.7. The van der Waals surface area contributed by atoms with Crippen molar-refractivity contribution < 1.29 is 4.74 Å². The molecule has 2 aliphatic heterocycles. The number of thiophene rings is 1. The molecular formula is C21H23N5O3S. The summed E-state index contributed by atoms with van der Waals surface area (Å²) in [6.07, 6.45) is 3.47. The molecule has 0 saturated carbocycles. The van der Waals surface area contributed by atoms with Gasteiger partial charge in [0.25, 0.3) is 0 Å². The third kappa shape index (κ3) is 3.18. The van der Waals surface area contributed by atoms with Crippen molar-refractivity contribution >= 4 is 11.3 Å². The van der Waals surface area contributed by atoms with E-state index < -0.39 is 11.1 Å². The van der Waals surface area contributed by atoms with Crippen molar-refractivity contribution in [2.45, 2.75) is 37.9 Å². The number of methoxy groups -OCH3 is 1. The van der Waals surface area contributed by atoms with Crippen LogP contribution in [0.3, 0.4) is 0 Å². The highest BCUT2D eigenvalue weighted by molar-refractivity contribution is 7.09. The first-order valence-corrected chi connectivity index (χ1v) is 10.9. The van der Waals surface area contributed by atoms with Gasteiger partial charge in [-0.3, -0.25) is 19.1 Å². The van der Waals surface area contributed by atoms with Crippen LogP contribution >= 0.6 is 11.3 Å². The summed E-state index contributed by atoms with van der Waals surface area (Å²) in [6.45, 7) is 3.33. The number of hydrogen-bond donors (Lipinski definition) is 0. The molecule has 1 atom stereocenters. The standard InChI is InChI=1S/C21H23N5O3S/c1-29-17-15(4-2-8-22-17)12-24-9-6-21(14-24)7-10-25-18(27)19(28)26(23-20(21)25)13-16-5-3-11-30-16/h2-5,8,11H,6-7,9-10,12-14H2,1H3/t21-/m0/s1. The molecule has 9 heteroatoms. The Bertz CT molecular complexity index is 1190. The van der Waals surface area contributed by atoms with E-state index in [1.807, 2.05) is 29.6 Å². The fourth-order valence-electron chi connectivity index (χ4n) is 4.68. The van der Waals surface area contributed by atoms with Gasteiger partial charge >= 0.3 is 11.1 Å². The van der Waals surface area contributed by atoms with Crippen molar-refractivity contribution in [1.29, 1.82) is 0 Å². The van der Waals surface area contributed by atoms with Crippen LogP contribution in [0.2, 0.25) is 0 Å². The summed E-state index contributed by atoms with van der Waals surface area (Å²) in [7, 11) is 1.63. The zero-order valence-corrected chi connectivity index (χ0v) is 17.6. The Morgan fingerprint density at radius 1 is 1.13 bits per heavy atom. The molecule has 1 spiro atoms. The Morgan fingerprint density at radius 3 is 2.80 bits per heavy atom. The van der Waals surface area contributed by atoms with E-state index in [2.05, 4.69) is 9.88 Å². The lowest BCUT2D eigenvalue weighted by molar-refractivity contribution is 0.290. The monoisotopic (exact) mass is 425 g/mol. The predicted octanol–water partition coefficient (Wildman–Crippen LogP) is 1.47. The summed E-state index contributed by atoms with van der Waals surface area (Å²) >= 11 is 1.56. The molecule has 5 rings (SSSR count). The summed E-state index contributed by atoms with van der Waals surface area (Å²) < 4.78 is 8.34. The molecule has 5 heterocycles. The van der Waals surface area contributed by atoms with Gasteiger partial charge in [0, 0.05) is 41.7 Å². The topological polar surface area (TPSA) is 82.2 Å². The lowest BCUT2D eigenvalue weighted by Crippen LogP contribution is -2.45. The maximum atomic E-state index is 12.8. The molecule has 3 aromatic heterocycles. The molecule has 0 unspecified atom stereocenters. The van der Waals surface area contributed by atoms with Crippen molar-refractivity contribution in [3.8, 4) is 5.88 Å². The van der Waals surface area contributed by atoms with Crippen LogP contribution < -0.4 is 15.9 Å². The number of ether oxygens (including phenoxy) is 1. The van der Waals surface area contributed by atoms with E-state index in [1.54, 1.807) is 29.2 Å². The van der Waals surface area contributed by atoms with E-state index in [1.165, 1.54) is 4.68 Å². The lowest BCUT2D eigenvalue weighted by atomic mass is 9.85. The fraction of sp³-hybridized carbons (Fsp3) is 0.429. The molecule has 30 heavy (non-hydrogen) atoms. The maximum Gasteiger partial charge on any atom is 0.332 e. The van der Waals surface area contributed by atoms with E-state index in [9.17, 15) is 9.59 Å². The molecule has 0 N–H and O–H groups in total. The maximum absolute atomic E-state index is 12.8. The minimum Gasteiger partial charge on any atom is -0.481 e. The van der Waals surface area contributed by atoms with Crippen molar-refractivity contribution in [2.75, 3.05) is 20.2 Å². The summed E-state index contributed by atoms with van der Waals surface area (Å²) in [6, 6.07) is 7.84. The van der Waals surface area contributed by atoms with E-state index in [-0.39, 0.29) is 5.41 Å². The molecule has 0 aliphatic carbocycles. The second kappa shape index (κ2) is 7.48. The highest BCUT2D eigenvalue weighted by Crippen LogP contribution is 2.41. The highest BCUT2D eigenvalue weighted by atomic mass is 32.1. The minimum absolute atomic E-state index is 0.195. The van der Waals surface area contributed by atoms with Crippen LogP contribution in [0.4, 0.5) is 0 Å². The van der Waals surface area contributed by atoms with Crippen LogP contribution in [0.5, 0.6) is 5.88 Å². The number of aromatic nitrogens is 4. The van der Waals surface area contributed by atoms with Crippen LogP contribution in [-0.2, 0) is 25.0 Å². The number of pyridine rings is 1. The third-order valence-corrected chi connectivity index (χ3v) is 7.04. The number of fused-ring (bicyclic) bond motifs is 2. The molecule has 0 bridgehead atoms. The largest absolute Gasteiger partial charge is 0.481 e. The number of rotatable bonds is 5. The van der Waals surface area contributed by atoms with Gasteiger partial charge < -0.3 is 4.74 Å². The summed E-state index contributed by atoms with van der Waals surface area (Å²) in [5.74, 6) is 1.40. The summed E-state index contributed by atoms with van der Waals surface area (Å²) in [4.78, 5) is 33.0. The summed E-state index contributed by atoms with van der Waals surface area (Å²) in [5, 5.41) is 6.67. The number of nitrogens with zero attached hydrogens (tertiary/aromatic N) is 5. The highest BCUT2D eigenvalue weighted by Gasteiger charge is 2.47. The molecule has 3 aromatic rings. The molecule has 1 fully saturated rings. The Kier molecular flexibility index (Phi) is 4.79. The third-order valence-electron chi connectivity index (χ3n) is 6.18. The first-order chi connectivity index (χ1) is 14.6. The van der Waals surface area contributed by atoms with Crippen LogP contribution in [-0.4, -0.2) is 44.4 Å². The smallest absolute Gasteiger partial charge is 0.332 e. The van der Waals surface area contributed by atoms with Crippen LogP contribution in [0, 0.1) is 0 Å². The van der Waals surface area contributed by atoms with Crippen molar-refractivity contribution in [1.82, 2.24) is 24.2 Å². The van der Waals surface area contributed by atoms with Crippen LogP contribution in [0.1, 0.15) is 29.1 Å². The average Bonchev–Trinajstić information content (AvgIpc) is 3.49. The van der Waals surface area contributed by atoms with Gasteiger partial charge in [0.05, 0.1) is 13.7 Å². The van der Waals surface area contributed by atoms with E-state index >= 15 is 0 Å². The molecule has 156 valence electrons. The van der Waals surface area contributed by atoms with Gasteiger partial charge in [-0.25, -0.2) is 9.67 Å². The van der Waals surface area contributed by atoms with Gasteiger partial charge in [0.1, 0.15) is 5.82 Å². The van der Waals surface area contributed by atoms with E-state index in [4.69, 9.17) is 9.84 Å². The number of hydrogen-bond acceptors (Lipinski definition) is 7. The quantitative estimate of drug-likeness (QED) is 0.576. The van der Waals surface area contributed by atoms with Gasteiger partial charge in [-0.2, -0.15) is 5.10 Å². The second-order valence-electron chi connectivity index (χ2n) is 7.99. The number of likely N-dealkylation sites (tertiary alicyclic amines) is 1. The molecule has 2 aliphatic rings. The van der Waals surface area contributed by atoms with Gasteiger partial charge in [0.2, 0.25) is 5.88 Å². The van der Waals surface area contributed by atoms with E-state index in [0.717, 1.165) is 48.7 Å². The molecule has 0 amide bonds. The Balaban J connectivity index is 1.45. The van der Waals surface area contributed by atoms with Gasteiger partial charge in [-0.1, -0.05) is 12.1 Å². The fourth-order valence-corrected chi connectivity index (χ4v) is 5.37. The minimum atomic E-state index is -0.542. The van der Waals surface area contributed by atoms with Crippen molar-refractivity contribution in [3.05, 3.63) is 72.8 Å². The predicted molar refractivity (Wildman–Crippen MR) is 113 cm³/mol. The molecule has 1 saturated heterocycles. The van der Waals surface area contributed by atoms with Crippen LogP contribution in [0.25, 0.3) is 0 Å². The molecule has 0 aromatic carbocycles. The van der Waals surface area contributed by atoms with Crippen molar-refractivity contribution in [2.24, 2.45) is 0 Å². The average molecular weight is 426 g/mol. The van der Waals surface area contributed by atoms with Gasteiger partial charge in [-0.15, -0.1) is 11.3 Å². The zero-order valence-electron chi connectivity index (χ0n) is 16.8. The Morgan fingerprint density at radius 2 is 2.00 bits per heavy atom. The zero-order chi connectivity index (χ0) is 20.7. The van der Waals surface area contributed by atoms with Gasteiger partial charge in [-0.05, 0) is 36.9 Å². The molecular weight excluding hydrogens is 402 g/mol. The van der Waals surface area contributed by atoms with Crippen molar-refractivity contribution in [3.63, 3.8) is 0 Å². The molecule has 8 nitrogen and oxygen atoms in total. The second-order valence-corrected chi connectivity index (χ2v) is 9.02. The SMILES string of the molecule is COc1ncccc1CN1CC[C@]2(CCn3c2nn(Cc2cccs2)c(=O)c3=O)C1. The Hall–Kier alpha value is -2.78. The van der Waals surface area contributed by atoms with Gasteiger partial charge in [0.15, 0.2) is 0 Å². The van der Waals surface area contributed by atoms with E-state index in [0.29, 0.717) is 19.0 Å². The molecule has 0 radical (unpaired) electrons. The Labute approximate surface area is 177 Å².